The van der Waals surface area contributed by atoms with Crippen LogP contribution in [0.25, 0.3) is 0 Å². The topological polar surface area (TPSA) is 64.6 Å². The van der Waals surface area contributed by atoms with E-state index in [2.05, 4.69) is 32.7 Å². The largest absolute Gasteiger partial charge is 0.741 e. The Morgan fingerprint density at radius 3 is 2.24 bits per heavy atom. The Morgan fingerprint density at radius 1 is 1.20 bits per heavy atom. The Labute approximate surface area is 170 Å². The van der Waals surface area contributed by atoms with Gasteiger partial charge >= 0.3 is 0 Å². The van der Waals surface area contributed by atoms with E-state index in [-0.39, 0.29) is 16.5 Å². The maximum absolute atomic E-state index is 7.13. The standard InChI is InChI=1S/C16H22N4S.CHNS.Ni/c1-12(15-4-2-3-9-17-15)18-19-16(21)20-10-13-5-6-14(11-20)8-7-13;2-1-3;/h2-4,9,13-14H,5-8,10-11H2,1H3,(H,19,21);3H;/p-2/b18-12+;;. The van der Waals surface area contributed by atoms with Crippen LogP contribution >= 0.6 is 0 Å². The molecule has 2 bridgehead atoms. The van der Waals surface area contributed by atoms with Crippen LogP contribution in [0, 0.1) is 22.5 Å². The number of nitrogens with zero attached hydrogens (tertiary/aromatic N) is 5. The zero-order valence-corrected chi connectivity index (χ0v) is 16.7. The van der Waals surface area contributed by atoms with Crippen molar-refractivity contribution in [2.45, 2.75) is 32.6 Å². The van der Waals surface area contributed by atoms with Crippen LogP contribution in [-0.4, -0.2) is 33.9 Å². The molecule has 2 saturated heterocycles. The first-order chi connectivity index (χ1) is 11.6. The first kappa shape index (κ1) is 21.8. The molecular formula is C17H21N5NiS2-2. The Morgan fingerprint density at radius 2 is 1.76 bits per heavy atom. The Balaban J connectivity index is 0.000000730. The molecule has 0 amide bonds. The molecule has 0 N–H and O–H groups in total. The average Bonchev–Trinajstić information content (AvgIpc) is 2.95. The van der Waals surface area contributed by atoms with Gasteiger partial charge < -0.3 is 30.2 Å². The fourth-order valence-electron chi connectivity index (χ4n) is 3.26. The first-order valence-corrected chi connectivity index (χ1v) is 8.92. The van der Waals surface area contributed by atoms with Crippen molar-refractivity contribution < 1.29 is 16.5 Å². The molecule has 0 aromatic carbocycles. The van der Waals surface area contributed by atoms with Gasteiger partial charge in [0.25, 0.3) is 0 Å². The van der Waals surface area contributed by atoms with Crippen LogP contribution in [0.15, 0.2) is 34.6 Å². The van der Waals surface area contributed by atoms with E-state index >= 15 is 0 Å². The predicted molar refractivity (Wildman–Crippen MR) is 101 cm³/mol. The molecule has 0 atom stereocenters. The van der Waals surface area contributed by atoms with E-state index in [9.17, 15) is 0 Å². The van der Waals surface area contributed by atoms with Gasteiger partial charge in [0.1, 0.15) is 0 Å². The van der Waals surface area contributed by atoms with Gasteiger partial charge in [-0.2, -0.15) is 10.2 Å². The molecule has 0 radical (unpaired) electrons. The number of aromatic nitrogens is 1. The van der Waals surface area contributed by atoms with Gasteiger partial charge in [0, 0.05) is 40.9 Å². The summed E-state index contributed by atoms with van der Waals surface area (Å²) in [6.07, 6.45) is 7.15. The van der Waals surface area contributed by atoms with E-state index < -0.39 is 0 Å². The van der Waals surface area contributed by atoms with Crippen molar-refractivity contribution >= 4 is 36.1 Å². The Kier molecular flexibility index (Phi) is 9.88. The Hall–Kier alpha value is -1.29. The van der Waals surface area contributed by atoms with Crippen LogP contribution in [0.1, 0.15) is 38.3 Å². The minimum atomic E-state index is 0. The van der Waals surface area contributed by atoms with Crippen LogP contribution in [0.5, 0.6) is 0 Å². The van der Waals surface area contributed by atoms with Gasteiger partial charge in [0.05, 0.1) is 11.4 Å². The summed E-state index contributed by atoms with van der Waals surface area (Å²) in [6, 6.07) is 5.78. The van der Waals surface area contributed by atoms with Crippen molar-refractivity contribution in [1.29, 1.82) is 5.26 Å². The zero-order chi connectivity index (χ0) is 17.4. The number of thiocyanates is 1. The van der Waals surface area contributed by atoms with Crippen molar-refractivity contribution in [3.05, 3.63) is 30.1 Å². The molecule has 0 spiro atoms. The number of hydrogen-bond donors (Lipinski definition) is 0. The minimum absolute atomic E-state index is 0. The van der Waals surface area contributed by atoms with E-state index in [1.165, 1.54) is 31.1 Å². The van der Waals surface area contributed by atoms with Gasteiger partial charge in [-0.15, -0.1) is 0 Å². The van der Waals surface area contributed by atoms with Crippen LogP contribution in [0.4, 0.5) is 0 Å². The van der Waals surface area contributed by atoms with Crippen molar-refractivity contribution in [3.63, 3.8) is 0 Å². The molecule has 1 aromatic rings. The summed E-state index contributed by atoms with van der Waals surface area (Å²) in [4.78, 5) is 6.52. The number of fused-ring (bicyclic) bond motifs is 4. The molecule has 1 saturated carbocycles. The van der Waals surface area contributed by atoms with Crippen LogP contribution < -0.4 is 0 Å². The van der Waals surface area contributed by atoms with Crippen LogP contribution in [-0.2, 0) is 41.7 Å². The molecule has 2 aliphatic heterocycles. The van der Waals surface area contributed by atoms with Gasteiger partial charge in [-0.1, -0.05) is 11.5 Å². The van der Waals surface area contributed by atoms with Gasteiger partial charge in [0.15, 0.2) is 0 Å². The maximum atomic E-state index is 7.13. The van der Waals surface area contributed by atoms with E-state index in [4.69, 9.17) is 17.9 Å². The predicted octanol–water partition coefficient (Wildman–Crippen LogP) is 2.84. The van der Waals surface area contributed by atoms with E-state index in [0.29, 0.717) is 5.17 Å². The summed E-state index contributed by atoms with van der Waals surface area (Å²) in [6.45, 7) is 4.02. The van der Waals surface area contributed by atoms with E-state index in [1.807, 2.05) is 25.1 Å². The third-order valence-corrected chi connectivity index (χ3v) is 4.85. The van der Waals surface area contributed by atoms with Gasteiger partial charge in [-0.05, 0) is 56.6 Å². The van der Waals surface area contributed by atoms with Gasteiger partial charge in [-0.25, -0.2) is 5.26 Å². The van der Waals surface area contributed by atoms with Crippen molar-refractivity contribution in [3.8, 4) is 5.40 Å². The molecule has 3 fully saturated rings. The van der Waals surface area contributed by atoms with Gasteiger partial charge in [-0.3, -0.25) is 4.98 Å². The summed E-state index contributed by atoms with van der Waals surface area (Å²) in [7, 11) is 0. The van der Waals surface area contributed by atoms with E-state index in [1.54, 1.807) is 6.20 Å². The molecule has 1 aliphatic carbocycles. The third-order valence-electron chi connectivity index (χ3n) is 4.52. The fourth-order valence-corrected chi connectivity index (χ4v) is 3.45. The summed E-state index contributed by atoms with van der Waals surface area (Å²) >= 11 is 9.17. The third kappa shape index (κ3) is 6.85. The number of hydrogen-bond acceptors (Lipinski definition) is 6. The molecule has 25 heavy (non-hydrogen) atoms. The molecule has 1 aromatic heterocycles. The second-order valence-corrected chi connectivity index (χ2v) is 6.71. The number of rotatable bonds is 2. The summed E-state index contributed by atoms with van der Waals surface area (Å²) in [5.74, 6) is 1.58. The SMILES string of the molecule is C/C(=N\N=C(/[S-])N1CC2CCC(CC2)C1)c1ccccn1.N#C[S-].[Ni]. The summed E-state index contributed by atoms with van der Waals surface area (Å²) in [5, 5.41) is 17.6. The van der Waals surface area contributed by atoms with Crippen molar-refractivity contribution in [1.82, 2.24) is 9.88 Å². The van der Waals surface area contributed by atoms with Crippen LogP contribution in [0.3, 0.4) is 0 Å². The molecule has 3 aliphatic rings. The second-order valence-electron chi connectivity index (χ2n) is 6.17. The monoisotopic (exact) mass is 417 g/mol. The molecule has 3 heterocycles. The normalized spacial score (nSPS) is 22.8. The molecule has 5 nitrogen and oxygen atoms in total. The first-order valence-electron chi connectivity index (χ1n) is 8.11. The van der Waals surface area contributed by atoms with Crippen molar-refractivity contribution in [2.24, 2.45) is 22.0 Å². The molecule has 8 heteroatoms. The minimum Gasteiger partial charge on any atom is -0.741 e. The molecular weight excluding hydrogens is 397 g/mol. The Bertz CT molecular complexity index is 608. The van der Waals surface area contributed by atoms with Crippen LogP contribution in [0.2, 0.25) is 0 Å². The number of nitriles is 1. The average molecular weight is 418 g/mol. The molecule has 138 valence electrons. The maximum Gasteiger partial charge on any atom is 0.0860 e. The van der Waals surface area contributed by atoms with E-state index in [0.717, 1.165) is 36.3 Å². The zero-order valence-electron chi connectivity index (χ0n) is 14.1. The summed E-state index contributed by atoms with van der Waals surface area (Å²) in [5.41, 5.74) is 1.65. The summed E-state index contributed by atoms with van der Waals surface area (Å²) < 4.78 is 0. The second kappa shape index (κ2) is 11.4. The smallest absolute Gasteiger partial charge is 0.0860 e. The number of amidine groups is 1. The number of pyridine rings is 1. The quantitative estimate of drug-likeness (QED) is 0.185. The molecule has 4 rings (SSSR count). The molecule has 0 unspecified atom stereocenters. The van der Waals surface area contributed by atoms with Gasteiger partial charge in [0.2, 0.25) is 0 Å². The fraction of sp³-hybridized carbons (Fsp3) is 0.529. The van der Waals surface area contributed by atoms with Crippen molar-refractivity contribution in [2.75, 3.05) is 13.1 Å².